The molecule has 0 aliphatic carbocycles. The molecule has 214 valence electrons. The predicted molar refractivity (Wildman–Crippen MR) is 164 cm³/mol. The van der Waals surface area contributed by atoms with E-state index in [1.54, 1.807) is 18.7 Å². The highest BCUT2D eigenvalue weighted by Crippen LogP contribution is 2.22. The van der Waals surface area contributed by atoms with Crippen LogP contribution in [-0.4, -0.2) is 42.9 Å². The number of rotatable bonds is 13. The number of fused-ring (bicyclic) bond motifs is 1. The van der Waals surface area contributed by atoms with Gasteiger partial charge in [0.15, 0.2) is 0 Å². The molecule has 2 N–H and O–H groups in total. The molecule has 0 unspecified atom stereocenters. The Balaban J connectivity index is 1.30. The van der Waals surface area contributed by atoms with Gasteiger partial charge < -0.3 is 14.9 Å². The lowest BCUT2D eigenvalue weighted by molar-refractivity contribution is -0.121. The lowest BCUT2D eigenvalue weighted by Gasteiger charge is -2.31. The molecule has 0 aliphatic rings. The summed E-state index contributed by atoms with van der Waals surface area (Å²) in [7, 11) is 0. The highest BCUT2D eigenvalue weighted by atomic mass is 16.1. The molecule has 0 aliphatic heterocycles. The minimum atomic E-state index is -0.0395. The number of nitrogens with zero attached hydrogens (tertiary/aromatic N) is 5. The lowest BCUT2D eigenvalue weighted by atomic mass is 9.97. The monoisotopic (exact) mass is 559 g/mol. The average Bonchev–Trinajstić information content (AvgIpc) is 3.69. The fourth-order valence-corrected chi connectivity index (χ4v) is 5.32. The highest BCUT2D eigenvalue weighted by Gasteiger charge is 2.23. The molecule has 5 rings (SSSR count). The van der Waals surface area contributed by atoms with Gasteiger partial charge in [0.05, 0.1) is 30.9 Å². The summed E-state index contributed by atoms with van der Waals surface area (Å²) in [6.45, 7) is 7.03. The Bertz CT molecular complexity index is 1630. The third-order valence-corrected chi connectivity index (χ3v) is 7.91. The Labute approximate surface area is 247 Å². The first-order chi connectivity index (χ1) is 20.5. The quantitative estimate of drug-likeness (QED) is 0.200. The molecule has 0 saturated carbocycles. The minimum absolute atomic E-state index is 0.0232. The Morgan fingerprint density at radius 1 is 1.10 bits per heavy atom. The molecule has 2 aromatic heterocycles. The first kappa shape index (κ1) is 28.8. The van der Waals surface area contributed by atoms with Crippen molar-refractivity contribution in [2.75, 3.05) is 6.54 Å². The summed E-state index contributed by atoms with van der Waals surface area (Å²) in [6, 6.07) is 24.5. The molecule has 0 radical (unpaired) electrons. The topological polar surface area (TPSA) is 103 Å². The molecular formula is C34H37N7O. The molecule has 0 spiro atoms. The Kier molecular flexibility index (Phi) is 9.42. The van der Waals surface area contributed by atoms with Crippen molar-refractivity contribution < 1.29 is 4.79 Å². The maximum atomic E-state index is 13.4. The molecule has 0 fully saturated rings. The summed E-state index contributed by atoms with van der Waals surface area (Å²) in [5.41, 5.74) is 3.78. The van der Waals surface area contributed by atoms with Crippen molar-refractivity contribution in [1.29, 1.82) is 5.26 Å². The van der Waals surface area contributed by atoms with Crippen LogP contribution in [0.1, 0.15) is 48.5 Å². The fourth-order valence-electron chi connectivity index (χ4n) is 5.32. The number of amides is 1. The number of hydrogen-bond donors (Lipinski definition) is 2. The van der Waals surface area contributed by atoms with E-state index >= 15 is 0 Å². The average molecular weight is 560 g/mol. The molecule has 3 aromatic carbocycles. The molecule has 8 nitrogen and oxygen atoms in total. The van der Waals surface area contributed by atoms with Gasteiger partial charge in [-0.05, 0) is 39.9 Å². The summed E-state index contributed by atoms with van der Waals surface area (Å²) >= 11 is 0. The van der Waals surface area contributed by atoms with Gasteiger partial charge in [-0.2, -0.15) is 5.26 Å². The van der Waals surface area contributed by atoms with E-state index in [9.17, 15) is 4.79 Å². The zero-order valence-electron chi connectivity index (χ0n) is 24.2. The Morgan fingerprint density at radius 3 is 2.67 bits per heavy atom. The number of nitriles is 1. The van der Waals surface area contributed by atoms with Gasteiger partial charge >= 0.3 is 0 Å². The molecule has 2 heterocycles. The third kappa shape index (κ3) is 7.31. The van der Waals surface area contributed by atoms with Crippen molar-refractivity contribution in [2.24, 2.45) is 5.92 Å². The number of nitrogens with one attached hydrogen (secondary N) is 2. The maximum Gasteiger partial charge on any atom is 0.226 e. The minimum Gasteiger partial charge on any atom is -0.351 e. The van der Waals surface area contributed by atoms with Crippen LogP contribution in [-0.2, 0) is 30.8 Å². The fraction of sp³-hybridized carbons (Fsp3) is 0.294. The molecular weight excluding hydrogens is 522 g/mol. The lowest BCUT2D eigenvalue weighted by Crippen LogP contribution is -2.47. The molecule has 0 saturated heterocycles. The molecule has 42 heavy (non-hydrogen) atoms. The van der Waals surface area contributed by atoms with Crippen LogP contribution >= 0.6 is 0 Å². The van der Waals surface area contributed by atoms with Crippen molar-refractivity contribution in [2.45, 2.75) is 52.4 Å². The van der Waals surface area contributed by atoms with Gasteiger partial charge in [-0.25, -0.2) is 9.97 Å². The van der Waals surface area contributed by atoms with Crippen LogP contribution in [0.3, 0.4) is 0 Å². The van der Waals surface area contributed by atoms with Crippen LogP contribution < -0.4 is 5.32 Å². The number of benzene rings is 3. The van der Waals surface area contributed by atoms with Crippen LogP contribution in [0.2, 0.25) is 0 Å². The summed E-state index contributed by atoms with van der Waals surface area (Å²) < 4.78 is 1.99. The second kappa shape index (κ2) is 13.7. The zero-order valence-corrected chi connectivity index (χ0v) is 24.2. The van der Waals surface area contributed by atoms with Gasteiger partial charge in [-0.1, -0.05) is 74.9 Å². The number of imidazole rings is 2. The maximum absolute atomic E-state index is 13.4. The van der Waals surface area contributed by atoms with E-state index in [0.29, 0.717) is 25.2 Å². The standard InChI is InChI=1S/C34H37N7O/c1-3-25(2)32(39-34(42)17-30-19-36-24-41(30)20-27-13-11-26(18-35)12-14-27)22-40(23-33-37-15-16-38-33)21-29-9-6-8-28-7-4-5-10-31(28)29/h4-16,19,24-25,32H,3,17,20-23H2,1-2H3,(H,37,38)(H,39,42)/t25-,32+/m0/s1. The smallest absolute Gasteiger partial charge is 0.226 e. The molecule has 2 atom stereocenters. The van der Waals surface area contributed by atoms with Gasteiger partial charge in [0.25, 0.3) is 0 Å². The molecule has 5 aromatic rings. The van der Waals surface area contributed by atoms with E-state index in [1.807, 2.05) is 35.0 Å². The largest absolute Gasteiger partial charge is 0.351 e. The van der Waals surface area contributed by atoms with Gasteiger partial charge in [0.2, 0.25) is 5.91 Å². The van der Waals surface area contributed by atoms with E-state index in [1.165, 1.54) is 16.3 Å². The van der Waals surface area contributed by atoms with Gasteiger partial charge in [0, 0.05) is 50.0 Å². The van der Waals surface area contributed by atoms with E-state index < -0.39 is 0 Å². The third-order valence-electron chi connectivity index (χ3n) is 7.91. The first-order valence-corrected chi connectivity index (χ1v) is 14.5. The van der Waals surface area contributed by atoms with Crippen molar-refractivity contribution in [3.8, 4) is 6.07 Å². The Morgan fingerprint density at radius 2 is 1.90 bits per heavy atom. The summed E-state index contributed by atoms with van der Waals surface area (Å²) in [4.78, 5) is 27.8. The second-order valence-electron chi connectivity index (χ2n) is 10.9. The normalized spacial score (nSPS) is 12.7. The molecule has 1 amide bonds. The SMILES string of the molecule is CC[C@H](C)[C@@H](CN(Cc1ncc[nH]1)Cc1cccc2ccccc12)NC(=O)Cc1cncn1Cc1ccc(C#N)cc1. The van der Waals surface area contributed by atoms with Crippen LogP contribution in [0.4, 0.5) is 0 Å². The van der Waals surface area contributed by atoms with Crippen molar-refractivity contribution in [3.05, 3.63) is 120 Å². The number of carbonyl (C=O) groups excluding carboxylic acids is 1. The van der Waals surface area contributed by atoms with E-state index in [-0.39, 0.29) is 24.3 Å². The number of aromatic nitrogens is 4. The van der Waals surface area contributed by atoms with Crippen LogP contribution in [0.15, 0.2) is 91.6 Å². The highest BCUT2D eigenvalue weighted by molar-refractivity contribution is 5.85. The number of hydrogen-bond acceptors (Lipinski definition) is 5. The van der Waals surface area contributed by atoms with Crippen LogP contribution in [0, 0.1) is 17.2 Å². The van der Waals surface area contributed by atoms with E-state index in [0.717, 1.165) is 30.0 Å². The van der Waals surface area contributed by atoms with Gasteiger partial charge in [0.1, 0.15) is 5.82 Å². The molecule has 0 bridgehead atoms. The molecule has 8 heteroatoms. The van der Waals surface area contributed by atoms with Crippen LogP contribution in [0.5, 0.6) is 0 Å². The van der Waals surface area contributed by atoms with Gasteiger partial charge in [-0.3, -0.25) is 9.69 Å². The summed E-state index contributed by atoms with van der Waals surface area (Å²) in [5, 5.41) is 14.9. The van der Waals surface area contributed by atoms with E-state index in [4.69, 9.17) is 5.26 Å². The van der Waals surface area contributed by atoms with E-state index in [2.05, 4.69) is 87.5 Å². The number of carbonyl (C=O) groups is 1. The summed E-state index contributed by atoms with van der Waals surface area (Å²) in [5.74, 6) is 1.16. The number of aromatic amines is 1. The Hall–Kier alpha value is -4.74. The zero-order chi connectivity index (χ0) is 29.3. The van der Waals surface area contributed by atoms with Crippen LogP contribution in [0.25, 0.3) is 10.8 Å². The van der Waals surface area contributed by atoms with Crippen molar-refractivity contribution in [3.63, 3.8) is 0 Å². The van der Waals surface area contributed by atoms with Crippen molar-refractivity contribution >= 4 is 16.7 Å². The predicted octanol–water partition coefficient (Wildman–Crippen LogP) is 5.46. The number of H-pyrrole nitrogens is 1. The van der Waals surface area contributed by atoms with Crippen molar-refractivity contribution in [1.82, 2.24) is 29.7 Å². The summed E-state index contributed by atoms with van der Waals surface area (Å²) in [6.07, 6.45) is 8.32. The second-order valence-corrected chi connectivity index (χ2v) is 10.9. The van der Waals surface area contributed by atoms with Gasteiger partial charge in [-0.15, -0.1) is 0 Å². The first-order valence-electron chi connectivity index (χ1n) is 14.5.